The first kappa shape index (κ1) is 17.4. The van der Waals surface area contributed by atoms with Gasteiger partial charge in [-0.1, -0.05) is 0 Å². The molecular formula is C19H14F4N2O2. The second-order valence-electron chi connectivity index (χ2n) is 6.16. The monoisotopic (exact) mass is 378 g/mol. The van der Waals surface area contributed by atoms with Crippen LogP contribution < -0.4 is 24.9 Å². The van der Waals surface area contributed by atoms with Gasteiger partial charge in [0.05, 0.1) is 7.11 Å². The quantitative estimate of drug-likeness (QED) is 0.754. The maximum Gasteiger partial charge on any atom is 0.429 e. The number of rotatable bonds is 2. The molecule has 1 unspecified atom stereocenters. The highest BCUT2D eigenvalue weighted by molar-refractivity contribution is 5.76. The van der Waals surface area contributed by atoms with Crippen LogP contribution in [0.5, 0.6) is 11.5 Å². The summed E-state index contributed by atoms with van der Waals surface area (Å²) in [5.41, 5.74) is 0.698. The standard InChI is InChI=1S/C19H14F4N2O2/c1-25-16-15(24-18(25)19(21,22)23)13(20)9-11-5-8-14(27-17(11)16)10-3-6-12(26-2)7-4-10/h3-9,18H,1-2H3. The summed E-state index contributed by atoms with van der Waals surface area (Å²) in [7, 11) is 2.77. The largest absolute Gasteiger partial charge is 0.497 e. The molecule has 8 heteroatoms. The van der Waals surface area contributed by atoms with Crippen LogP contribution in [-0.4, -0.2) is 26.5 Å². The molecule has 0 aliphatic carbocycles. The average Bonchev–Trinajstić information content (AvgIpc) is 3.00. The van der Waals surface area contributed by atoms with Crippen LogP contribution in [0.25, 0.3) is 11.8 Å². The van der Waals surface area contributed by atoms with Crippen molar-refractivity contribution in [1.29, 1.82) is 0 Å². The minimum atomic E-state index is -4.62. The zero-order valence-electron chi connectivity index (χ0n) is 14.3. The number of halogens is 4. The third kappa shape index (κ3) is 2.81. The molecule has 4 nitrogen and oxygen atoms in total. The van der Waals surface area contributed by atoms with Gasteiger partial charge in [-0.3, -0.25) is 0 Å². The van der Waals surface area contributed by atoms with Gasteiger partial charge in [-0.2, -0.15) is 13.2 Å². The van der Waals surface area contributed by atoms with E-state index in [1.807, 2.05) is 0 Å². The molecule has 0 spiro atoms. The molecule has 4 rings (SSSR count). The lowest BCUT2D eigenvalue weighted by Crippen LogP contribution is -2.40. The van der Waals surface area contributed by atoms with E-state index in [9.17, 15) is 17.6 Å². The third-order valence-corrected chi connectivity index (χ3v) is 4.47. The van der Waals surface area contributed by atoms with Crippen LogP contribution in [0.15, 0.2) is 41.4 Å². The van der Waals surface area contributed by atoms with E-state index in [0.29, 0.717) is 22.3 Å². The van der Waals surface area contributed by atoms with Gasteiger partial charge >= 0.3 is 6.18 Å². The van der Waals surface area contributed by atoms with Crippen molar-refractivity contribution in [2.45, 2.75) is 12.3 Å². The Hall–Kier alpha value is -3.03. The number of nitrogens with zero attached hydrogens (tertiary/aromatic N) is 2. The fourth-order valence-electron chi connectivity index (χ4n) is 3.15. The SMILES string of the molecule is COc1ccc(C2=CC=c3cc(F)c4c(c3O2)N(C)C(C(F)(F)F)N=4)cc1. The number of benzene rings is 2. The Kier molecular flexibility index (Phi) is 3.87. The maximum atomic E-state index is 14.3. The van der Waals surface area contributed by atoms with Crippen molar-refractivity contribution in [1.82, 2.24) is 0 Å². The van der Waals surface area contributed by atoms with Crippen LogP contribution in [0.3, 0.4) is 0 Å². The number of ether oxygens (including phenoxy) is 2. The molecule has 0 amide bonds. The van der Waals surface area contributed by atoms with Gasteiger partial charge in [0.2, 0.25) is 6.17 Å². The zero-order valence-corrected chi connectivity index (χ0v) is 14.3. The van der Waals surface area contributed by atoms with E-state index in [-0.39, 0.29) is 16.8 Å². The van der Waals surface area contributed by atoms with Gasteiger partial charge in [0.15, 0.2) is 11.6 Å². The lowest BCUT2D eigenvalue weighted by Gasteiger charge is -2.25. The van der Waals surface area contributed by atoms with Crippen molar-refractivity contribution in [2.75, 3.05) is 19.1 Å². The van der Waals surface area contributed by atoms with Gasteiger partial charge in [-0.15, -0.1) is 0 Å². The van der Waals surface area contributed by atoms with Gasteiger partial charge in [0.25, 0.3) is 0 Å². The van der Waals surface area contributed by atoms with E-state index in [2.05, 4.69) is 4.99 Å². The van der Waals surface area contributed by atoms with Crippen molar-refractivity contribution in [3.63, 3.8) is 0 Å². The molecule has 0 bridgehead atoms. The topological polar surface area (TPSA) is 34.1 Å². The summed E-state index contributed by atoms with van der Waals surface area (Å²) >= 11 is 0. The van der Waals surface area contributed by atoms with Gasteiger partial charge in [-0.25, -0.2) is 9.38 Å². The molecule has 140 valence electrons. The number of anilines is 1. The molecule has 0 aromatic heterocycles. The minimum Gasteiger partial charge on any atom is -0.497 e. The summed E-state index contributed by atoms with van der Waals surface area (Å²) in [6, 6.07) is 8.14. The van der Waals surface area contributed by atoms with Crippen LogP contribution in [-0.2, 0) is 0 Å². The van der Waals surface area contributed by atoms with Crippen molar-refractivity contribution in [2.24, 2.45) is 4.99 Å². The van der Waals surface area contributed by atoms with Crippen LogP contribution in [0.1, 0.15) is 5.56 Å². The lowest BCUT2D eigenvalue weighted by atomic mass is 10.1. The van der Waals surface area contributed by atoms with Crippen LogP contribution >= 0.6 is 0 Å². The maximum absolute atomic E-state index is 14.3. The fourth-order valence-corrected chi connectivity index (χ4v) is 3.15. The van der Waals surface area contributed by atoms with Crippen molar-refractivity contribution < 1.29 is 27.0 Å². The highest BCUT2D eigenvalue weighted by atomic mass is 19.4. The number of methoxy groups -OCH3 is 1. The Bertz CT molecular complexity index is 1060. The molecule has 0 radical (unpaired) electrons. The molecule has 2 heterocycles. The summed E-state index contributed by atoms with van der Waals surface area (Å²) < 4.78 is 65.0. The second-order valence-corrected chi connectivity index (χ2v) is 6.16. The highest BCUT2D eigenvalue weighted by Crippen LogP contribution is 2.36. The van der Waals surface area contributed by atoms with Gasteiger partial charge in [0.1, 0.15) is 22.6 Å². The predicted octanol–water partition coefficient (Wildman–Crippen LogP) is 3.01. The van der Waals surface area contributed by atoms with Gasteiger partial charge in [0, 0.05) is 17.8 Å². The number of alkyl halides is 3. The molecule has 0 fully saturated rings. The first-order valence-electron chi connectivity index (χ1n) is 8.04. The molecule has 0 N–H and O–H groups in total. The fraction of sp³-hybridized carbons (Fsp3) is 0.211. The van der Waals surface area contributed by atoms with Crippen molar-refractivity contribution in [3.8, 4) is 11.5 Å². The Balaban J connectivity index is 1.80. The Morgan fingerprint density at radius 3 is 2.48 bits per heavy atom. The Morgan fingerprint density at radius 2 is 1.85 bits per heavy atom. The molecule has 2 aliphatic heterocycles. The number of hydrogen-bond donors (Lipinski definition) is 0. The molecule has 27 heavy (non-hydrogen) atoms. The van der Waals surface area contributed by atoms with Crippen LogP contribution in [0, 0.1) is 5.82 Å². The summed E-state index contributed by atoms with van der Waals surface area (Å²) in [5.74, 6) is 0.429. The first-order chi connectivity index (χ1) is 12.8. The zero-order chi connectivity index (χ0) is 19.3. The van der Waals surface area contributed by atoms with Crippen LogP contribution in [0.2, 0.25) is 0 Å². The van der Waals surface area contributed by atoms with E-state index < -0.39 is 18.2 Å². The Labute approximate surface area is 151 Å². The predicted molar refractivity (Wildman–Crippen MR) is 91.5 cm³/mol. The highest BCUT2D eigenvalue weighted by Gasteiger charge is 2.47. The average molecular weight is 378 g/mol. The summed E-state index contributed by atoms with van der Waals surface area (Å²) in [4.78, 5) is 4.42. The first-order valence-corrected chi connectivity index (χ1v) is 8.04. The van der Waals surface area contributed by atoms with Crippen LogP contribution in [0.4, 0.5) is 23.2 Å². The van der Waals surface area contributed by atoms with E-state index in [1.165, 1.54) is 7.05 Å². The second kappa shape index (κ2) is 6.00. The minimum absolute atomic E-state index is 0.0114. The molecule has 1 atom stereocenters. The summed E-state index contributed by atoms with van der Waals surface area (Å²) in [6.45, 7) is 0. The van der Waals surface area contributed by atoms with E-state index in [1.54, 1.807) is 43.5 Å². The molecule has 0 saturated carbocycles. The molecule has 0 saturated heterocycles. The summed E-state index contributed by atoms with van der Waals surface area (Å²) in [6.07, 6.45) is -3.52. The molecule has 2 aliphatic rings. The van der Waals surface area contributed by atoms with E-state index >= 15 is 0 Å². The molecule has 2 aromatic carbocycles. The van der Waals surface area contributed by atoms with E-state index in [0.717, 1.165) is 11.0 Å². The van der Waals surface area contributed by atoms with Crippen molar-refractivity contribution >= 4 is 17.5 Å². The van der Waals surface area contributed by atoms with Crippen molar-refractivity contribution in [3.05, 3.63) is 58.4 Å². The number of allylic oxidation sites excluding steroid dienone is 1. The lowest BCUT2D eigenvalue weighted by molar-refractivity contribution is -0.145. The molecular weight excluding hydrogens is 364 g/mol. The third-order valence-electron chi connectivity index (χ3n) is 4.47. The Morgan fingerprint density at radius 1 is 1.15 bits per heavy atom. The van der Waals surface area contributed by atoms with E-state index in [4.69, 9.17) is 9.47 Å². The number of fused-ring (bicyclic) bond motifs is 3. The normalized spacial score (nSPS) is 17.9. The number of hydrogen-bond acceptors (Lipinski definition) is 4. The molecule has 2 aromatic rings. The van der Waals surface area contributed by atoms with Gasteiger partial charge < -0.3 is 14.4 Å². The smallest absolute Gasteiger partial charge is 0.429 e. The van der Waals surface area contributed by atoms with Gasteiger partial charge in [-0.05, 0) is 42.5 Å². The summed E-state index contributed by atoms with van der Waals surface area (Å²) in [5, 5.41) is 0.0105.